The molecular formula is C20H14N8. The lowest BCUT2D eigenvalue weighted by Crippen LogP contribution is -1.95. The topological polar surface area (TPSA) is 86.1 Å². The molecule has 3 aromatic carbocycles. The molecule has 0 fully saturated rings. The second kappa shape index (κ2) is 6.84. The standard InChI is InChI=1S/C20H14N8/c1-3-10-19-17(8-1)23-25-27(19)21-13-15-6-5-7-16(12-15)14-22-28-20-11-4-2-9-18(20)24-26-28/h1-14H. The van der Waals surface area contributed by atoms with E-state index < -0.39 is 0 Å². The van der Waals surface area contributed by atoms with Gasteiger partial charge in [-0.3, -0.25) is 0 Å². The third kappa shape index (κ3) is 3.03. The molecule has 0 saturated heterocycles. The van der Waals surface area contributed by atoms with Gasteiger partial charge < -0.3 is 0 Å². The second-order valence-corrected chi connectivity index (χ2v) is 6.09. The number of hydrogen-bond donors (Lipinski definition) is 0. The van der Waals surface area contributed by atoms with E-state index in [0.717, 1.165) is 33.2 Å². The monoisotopic (exact) mass is 366 g/mol. The minimum atomic E-state index is 0.806. The lowest BCUT2D eigenvalue weighted by Gasteiger charge is -1.97. The number of nitrogens with zero attached hydrogens (tertiary/aromatic N) is 8. The summed E-state index contributed by atoms with van der Waals surface area (Å²) in [5.41, 5.74) is 5.17. The van der Waals surface area contributed by atoms with E-state index in [4.69, 9.17) is 0 Å². The van der Waals surface area contributed by atoms with E-state index in [1.54, 1.807) is 12.4 Å². The molecule has 0 radical (unpaired) electrons. The molecule has 5 rings (SSSR count). The van der Waals surface area contributed by atoms with Gasteiger partial charge in [0.05, 0.1) is 12.4 Å². The van der Waals surface area contributed by atoms with Crippen molar-refractivity contribution in [3.8, 4) is 0 Å². The van der Waals surface area contributed by atoms with E-state index in [-0.39, 0.29) is 0 Å². The van der Waals surface area contributed by atoms with Crippen LogP contribution in [-0.4, -0.2) is 42.6 Å². The Kier molecular flexibility index (Phi) is 3.91. The van der Waals surface area contributed by atoms with Gasteiger partial charge in [-0.1, -0.05) is 42.5 Å². The van der Waals surface area contributed by atoms with Gasteiger partial charge in [0, 0.05) is 0 Å². The summed E-state index contributed by atoms with van der Waals surface area (Å²) in [6, 6.07) is 23.2. The smallest absolute Gasteiger partial charge is 0.115 e. The zero-order valence-electron chi connectivity index (χ0n) is 14.7. The van der Waals surface area contributed by atoms with Crippen LogP contribution in [-0.2, 0) is 0 Å². The van der Waals surface area contributed by atoms with E-state index >= 15 is 0 Å². The molecule has 2 heterocycles. The second-order valence-electron chi connectivity index (χ2n) is 6.09. The molecule has 28 heavy (non-hydrogen) atoms. The van der Waals surface area contributed by atoms with E-state index in [9.17, 15) is 0 Å². The van der Waals surface area contributed by atoms with Crippen LogP contribution in [0.1, 0.15) is 11.1 Å². The Bertz CT molecular complexity index is 1230. The van der Waals surface area contributed by atoms with Crippen LogP contribution < -0.4 is 0 Å². The molecule has 2 aromatic heterocycles. The number of aromatic nitrogens is 6. The Morgan fingerprint density at radius 3 is 1.64 bits per heavy atom. The van der Waals surface area contributed by atoms with Gasteiger partial charge in [-0.25, -0.2) is 0 Å². The van der Waals surface area contributed by atoms with Crippen molar-refractivity contribution in [2.24, 2.45) is 10.2 Å². The summed E-state index contributed by atoms with van der Waals surface area (Å²) in [7, 11) is 0. The highest BCUT2D eigenvalue weighted by Gasteiger charge is 2.02. The van der Waals surface area contributed by atoms with Crippen LogP contribution in [0.3, 0.4) is 0 Å². The van der Waals surface area contributed by atoms with Crippen molar-refractivity contribution in [3.63, 3.8) is 0 Å². The third-order valence-electron chi connectivity index (χ3n) is 4.21. The van der Waals surface area contributed by atoms with Gasteiger partial charge in [-0.15, -0.1) is 19.8 Å². The fraction of sp³-hybridized carbons (Fsp3) is 0. The normalized spacial score (nSPS) is 12.0. The van der Waals surface area contributed by atoms with Crippen LogP contribution in [0.4, 0.5) is 0 Å². The van der Waals surface area contributed by atoms with Crippen LogP contribution >= 0.6 is 0 Å². The molecule has 0 spiro atoms. The van der Waals surface area contributed by atoms with Gasteiger partial charge in [0.25, 0.3) is 0 Å². The highest BCUT2D eigenvalue weighted by molar-refractivity contribution is 5.86. The van der Waals surface area contributed by atoms with Crippen molar-refractivity contribution >= 4 is 34.5 Å². The maximum Gasteiger partial charge on any atom is 0.115 e. The van der Waals surface area contributed by atoms with Crippen LogP contribution in [0.25, 0.3) is 22.1 Å². The number of hydrogen-bond acceptors (Lipinski definition) is 6. The number of benzene rings is 3. The summed E-state index contributed by atoms with van der Waals surface area (Å²) in [5.74, 6) is 0. The SMILES string of the molecule is C(=Nn1nnc2ccccc21)c1cccc(C=Nn2nnc3ccccc32)c1. The molecule has 0 bridgehead atoms. The minimum Gasteiger partial charge on any atom is -0.156 e. The number of rotatable bonds is 4. The van der Waals surface area contributed by atoms with Crippen LogP contribution in [0.2, 0.25) is 0 Å². The zero-order valence-corrected chi connectivity index (χ0v) is 14.7. The molecule has 0 aliphatic rings. The predicted octanol–water partition coefficient (Wildman–Crippen LogP) is 2.94. The highest BCUT2D eigenvalue weighted by Crippen LogP contribution is 2.11. The predicted molar refractivity (Wildman–Crippen MR) is 107 cm³/mol. The van der Waals surface area contributed by atoms with Gasteiger partial charge in [-0.05, 0) is 51.9 Å². The van der Waals surface area contributed by atoms with Crippen LogP contribution in [0.5, 0.6) is 0 Å². The first kappa shape index (κ1) is 16.0. The van der Waals surface area contributed by atoms with Crippen LogP contribution in [0.15, 0.2) is 83.0 Å². The van der Waals surface area contributed by atoms with Gasteiger partial charge in [0.15, 0.2) is 0 Å². The molecule has 0 unspecified atom stereocenters. The van der Waals surface area contributed by atoms with Gasteiger partial charge in [-0.2, -0.15) is 10.2 Å². The van der Waals surface area contributed by atoms with Crippen molar-refractivity contribution in [1.82, 2.24) is 30.2 Å². The Morgan fingerprint density at radius 2 is 1.11 bits per heavy atom. The molecule has 5 aromatic rings. The fourth-order valence-electron chi connectivity index (χ4n) is 2.85. The number of fused-ring (bicyclic) bond motifs is 2. The summed E-state index contributed by atoms with van der Waals surface area (Å²) >= 11 is 0. The quantitative estimate of drug-likeness (QED) is 0.458. The van der Waals surface area contributed by atoms with Crippen LogP contribution in [0, 0.1) is 0 Å². The molecular weight excluding hydrogens is 352 g/mol. The third-order valence-corrected chi connectivity index (χ3v) is 4.21. The molecule has 0 amide bonds. The summed E-state index contributed by atoms with van der Waals surface area (Å²) in [6.07, 6.45) is 3.48. The first-order valence-corrected chi connectivity index (χ1v) is 8.66. The molecule has 0 saturated carbocycles. The Balaban J connectivity index is 1.40. The summed E-state index contributed by atoms with van der Waals surface area (Å²) in [5, 5.41) is 25.1. The van der Waals surface area contributed by atoms with E-state index in [1.807, 2.05) is 72.8 Å². The summed E-state index contributed by atoms with van der Waals surface area (Å²) in [4.78, 5) is 3.02. The van der Waals surface area contributed by atoms with E-state index in [2.05, 4.69) is 30.8 Å². The summed E-state index contributed by atoms with van der Waals surface area (Å²) < 4.78 is 0. The minimum absolute atomic E-state index is 0.806. The molecule has 0 aliphatic carbocycles. The average molecular weight is 366 g/mol. The number of para-hydroxylation sites is 2. The van der Waals surface area contributed by atoms with Crippen molar-refractivity contribution in [2.75, 3.05) is 0 Å². The average Bonchev–Trinajstić information content (AvgIpc) is 3.35. The molecule has 0 aliphatic heterocycles. The first-order chi connectivity index (χ1) is 13.9. The van der Waals surface area contributed by atoms with Gasteiger partial charge >= 0.3 is 0 Å². The molecule has 0 N–H and O–H groups in total. The maximum atomic E-state index is 4.40. The largest absolute Gasteiger partial charge is 0.156 e. The Hall–Kier alpha value is -4.20. The zero-order chi connectivity index (χ0) is 18.8. The first-order valence-electron chi connectivity index (χ1n) is 8.66. The van der Waals surface area contributed by atoms with Gasteiger partial charge in [0.1, 0.15) is 22.1 Å². The lowest BCUT2D eigenvalue weighted by atomic mass is 10.1. The maximum absolute atomic E-state index is 4.40. The van der Waals surface area contributed by atoms with Crippen molar-refractivity contribution in [1.29, 1.82) is 0 Å². The van der Waals surface area contributed by atoms with E-state index in [0.29, 0.717) is 0 Å². The molecule has 134 valence electrons. The lowest BCUT2D eigenvalue weighted by molar-refractivity contribution is 0.718. The molecule has 8 heteroatoms. The Morgan fingerprint density at radius 1 is 0.607 bits per heavy atom. The van der Waals surface area contributed by atoms with Crippen molar-refractivity contribution in [2.45, 2.75) is 0 Å². The van der Waals surface area contributed by atoms with Gasteiger partial charge in [0.2, 0.25) is 0 Å². The fourth-order valence-corrected chi connectivity index (χ4v) is 2.85. The van der Waals surface area contributed by atoms with E-state index in [1.165, 1.54) is 9.58 Å². The molecule has 0 atom stereocenters. The van der Waals surface area contributed by atoms with Crippen molar-refractivity contribution < 1.29 is 0 Å². The highest BCUT2D eigenvalue weighted by atomic mass is 15.6. The summed E-state index contributed by atoms with van der Waals surface area (Å²) in [6.45, 7) is 0. The molecule has 8 nitrogen and oxygen atoms in total. The Labute approximate surface area is 159 Å². The van der Waals surface area contributed by atoms with Crippen molar-refractivity contribution in [3.05, 3.63) is 83.9 Å².